The van der Waals surface area contributed by atoms with E-state index in [1.165, 1.54) is 0 Å². The molecule has 1 saturated heterocycles. The molecule has 2 rings (SSSR count). The van der Waals surface area contributed by atoms with Crippen molar-refractivity contribution < 1.29 is 4.92 Å². The summed E-state index contributed by atoms with van der Waals surface area (Å²) >= 11 is 2.01. The van der Waals surface area contributed by atoms with E-state index in [1.54, 1.807) is 13.1 Å². The molecule has 0 aromatic heterocycles. The molecular formula is C14H21N3O2S. The molecular weight excluding hydrogens is 274 g/mol. The minimum atomic E-state index is -0.351. The van der Waals surface area contributed by atoms with Crippen LogP contribution < -0.4 is 5.32 Å². The quantitative estimate of drug-likeness (QED) is 0.683. The Morgan fingerprint density at radius 1 is 1.50 bits per heavy atom. The van der Waals surface area contributed by atoms with Crippen molar-refractivity contribution in [3.63, 3.8) is 0 Å². The number of nitrogens with one attached hydrogen (secondary N) is 1. The van der Waals surface area contributed by atoms with Crippen molar-refractivity contribution in [3.8, 4) is 0 Å². The summed E-state index contributed by atoms with van der Waals surface area (Å²) in [5.74, 6) is 1.14. The first-order chi connectivity index (χ1) is 9.41. The number of nitrogens with zero attached hydrogens (tertiary/aromatic N) is 2. The van der Waals surface area contributed by atoms with Crippen molar-refractivity contribution in [1.82, 2.24) is 4.90 Å². The van der Waals surface area contributed by atoms with Gasteiger partial charge in [-0.25, -0.2) is 0 Å². The van der Waals surface area contributed by atoms with Crippen LogP contribution in [0.4, 0.5) is 11.4 Å². The predicted molar refractivity (Wildman–Crippen MR) is 84.5 cm³/mol. The smallest absolute Gasteiger partial charge is 0.292 e. The van der Waals surface area contributed by atoms with Gasteiger partial charge in [0.15, 0.2) is 0 Å². The van der Waals surface area contributed by atoms with Crippen molar-refractivity contribution in [2.75, 3.05) is 31.2 Å². The molecule has 5 nitrogen and oxygen atoms in total. The van der Waals surface area contributed by atoms with Crippen molar-refractivity contribution in [2.24, 2.45) is 0 Å². The maximum absolute atomic E-state index is 10.9. The lowest BCUT2D eigenvalue weighted by atomic mass is 10.1. The minimum absolute atomic E-state index is 0.130. The molecule has 6 heteroatoms. The van der Waals surface area contributed by atoms with Gasteiger partial charge in [0.1, 0.15) is 5.69 Å². The summed E-state index contributed by atoms with van der Waals surface area (Å²) < 4.78 is 0.283. The average Bonchev–Trinajstić information content (AvgIpc) is 2.37. The van der Waals surface area contributed by atoms with Crippen LogP contribution in [0.15, 0.2) is 18.2 Å². The number of rotatable bonds is 4. The van der Waals surface area contributed by atoms with Gasteiger partial charge in [-0.2, -0.15) is 11.8 Å². The van der Waals surface area contributed by atoms with E-state index in [2.05, 4.69) is 24.1 Å². The van der Waals surface area contributed by atoms with Gasteiger partial charge >= 0.3 is 0 Å². The van der Waals surface area contributed by atoms with Crippen LogP contribution in [0.3, 0.4) is 0 Å². The van der Waals surface area contributed by atoms with E-state index in [4.69, 9.17) is 0 Å². The molecule has 0 radical (unpaired) electrons. The number of thioether (sulfide) groups is 1. The van der Waals surface area contributed by atoms with Crippen LogP contribution >= 0.6 is 11.8 Å². The van der Waals surface area contributed by atoms with Crippen molar-refractivity contribution >= 4 is 23.1 Å². The van der Waals surface area contributed by atoms with Gasteiger partial charge in [0.2, 0.25) is 0 Å². The van der Waals surface area contributed by atoms with Crippen LogP contribution in [0.25, 0.3) is 0 Å². The SMILES string of the molecule is CNc1cc(CN2CCSC(C)(C)C2)ccc1[N+](=O)[O-]. The fourth-order valence-electron chi connectivity index (χ4n) is 2.55. The van der Waals surface area contributed by atoms with E-state index in [0.717, 1.165) is 31.0 Å². The normalized spacial score (nSPS) is 18.8. The molecule has 0 atom stereocenters. The van der Waals surface area contributed by atoms with Gasteiger partial charge in [-0.05, 0) is 25.5 Å². The zero-order valence-corrected chi connectivity index (χ0v) is 13.0. The maximum atomic E-state index is 10.9. The molecule has 1 aliphatic heterocycles. The Labute approximate surface area is 123 Å². The lowest BCUT2D eigenvalue weighted by molar-refractivity contribution is -0.384. The van der Waals surface area contributed by atoms with E-state index in [9.17, 15) is 10.1 Å². The molecule has 1 fully saturated rings. The maximum Gasteiger partial charge on any atom is 0.292 e. The summed E-state index contributed by atoms with van der Waals surface area (Å²) in [6.45, 7) is 7.48. The summed E-state index contributed by atoms with van der Waals surface area (Å²) in [7, 11) is 1.72. The number of nitro groups is 1. The largest absolute Gasteiger partial charge is 0.383 e. The Morgan fingerprint density at radius 3 is 2.85 bits per heavy atom. The third-order valence-electron chi connectivity index (χ3n) is 3.44. The Bertz CT molecular complexity index is 505. The Hall–Kier alpha value is -1.27. The average molecular weight is 295 g/mol. The molecule has 1 aliphatic rings. The van der Waals surface area contributed by atoms with Gasteiger partial charge in [-0.1, -0.05) is 6.07 Å². The summed E-state index contributed by atoms with van der Waals surface area (Å²) in [5, 5.41) is 13.8. The molecule has 0 saturated carbocycles. The number of anilines is 1. The van der Waals surface area contributed by atoms with Crippen LogP contribution in [-0.4, -0.2) is 40.5 Å². The highest BCUT2D eigenvalue weighted by atomic mass is 32.2. The first kappa shape index (κ1) is 15.1. The summed E-state index contributed by atoms with van der Waals surface area (Å²) in [6, 6.07) is 5.33. The van der Waals surface area contributed by atoms with E-state index >= 15 is 0 Å². The molecule has 0 aliphatic carbocycles. The van der Waals surface area contributed by atoms with Crippen LogP contribution in [0, 0.1) is 10.1 Å². The van der Waals surface area contributed by atoms with Gasteiger partial charge in [0.25, 0.3) is 5.69 Å². The number of hydrogen-bond acceptors (Lipinski definition) is 5. The second-order valence-corrected chi connectivity index (χ2v) is 7.48. The topological polar surface area (TPSA) is 58.4 Å². The van der Waals surface area contributed by atoms with Crippen molar-refractivity contribution in [2.45, 2.75) is 25.1 Å². The molecule has 1 heterocycles. The fourth-order valence-corrected chi connectivity index (χ4v) is 3.72. The van der Waals surface area contributed by atoms with Crippen LogP contribution in [0.1, 0.15) is 19.4 Å². The molecule has 1 N–H and O–H groups in total. The second kappa shape index (κ2) is 6.01. The number of hydrogen-bond donors (Lipinski definition) is 1. The molecule has 0 unspecified atom stereocenters. The van der Waals surface area contributed by atoms with Gasteiger partial charge < -0.3 is 5.32 Å². The molecule has 1 aromatic carbocycles. The third kappa shape index (κ3) is 3.64. The van der Waals surface area contributed by atoms with E-state index in [-0.39, 0.29) is 15.4 Å². The fraction of sp³-hybridized carbons (Fsp3) is 0.571. The Morgan fingerprint density at radius 2 is 2.25 bits per heavy atom. The number of nitro benzene ring substituents is 1. The predicted octanol–water partition coefficient (Wildman–Crippen LogP) is 2.96. The van der Waals surface area contributed by atoms with Gasteiger partial charge in [-0.15, -0.1) is 0 Å². The van der Waals surface area contributed by atoms with Crippen LogP contribution in [0.5, 0.6) is 0 Å². The van der Waals surface area contributed by atoms with Crippen molar-refractivity contribution in [3.05, 3.63) is 33.9 Å². The van der Waals surface area contributed by atoms with E-state index in [0.29, 0.717) is 5.69 Å². The lowest BCUT2D eigenvalue weighted by Crippen LogP contribution is -2.42. The minimum Gasteiger partial charge on any atom is -0.383 e. The Balaban J connectivity index is 2.12. The van der Waals surface area contributed by atoms with Gasteiger partial charge in [-0.3, -0.25) is 15.0 Å². The molecule has 0 bridgehead atoms. The molecule has 0 amide bonds. The van der Waals surface area contributed by atoms with Crippen LogP contribution in [0.2, 0.25) is 0 Å². The van der Waals surface area contributed by atoms with Gasteiger partial charge in [0.05, 0.1) is 4.92 Å². The summed E-state index contributed by atoms with van der Waals surface area (Å²) in [4.78, 5) is 13.0. The van der Waals surface area contributed by atoms with E-state index in [1.807, 2.05) is 23.9 Å². The summed E-state index contributed by atoms with van der Waals surface area (Å²) in [6.07, 6.45) is 0. The zero-order valence-electron chi connectivity index (χ0n) is 12.2. The lowest BCUT2D eigenvalue weighted by Gasteiger charge is -2.37. The first-order valence-corrected chi connectivity index (χ1v) is 7.71. The molecule has 110 valence electrons. The summed E-state index contributed by atoms with van der Waals surface area (Å²) in [5.41, 5.74) is 1.83. The highest BCUT2D eigenvalue weighted by molar-refractivity contribution is 8.00. The highest BCUT2D eigenvalue weighted by Gasteiger charge is 2.27. The zero-order chi connectivity index (χ0) is 14.8. The Kier molecular flexibility index (Phi) is 4.55. The third-order valence-corrected chi connectivity index (χ3v) is 4.74. The molecule has 0 spiro atoms. The highest BCUT2D eigenvalue weighted by Crippen LogP contribution is 2.31. The molecule has 1 aromatic rings. The van der Waals surface area contributed by atoms with Crippen LogP contribution in [-0.2, 0) is 6.54 Å². The van der Waals surface area contributed by atoms with Gasteiger partial charge in [0, 0.05) is 43.2 Å². The number of benzene rings is 1. The van der Waals surface area contributed by atoms with Crippen molar-refractivity contribution in [1.29, 1.82) is 0 Å². The molecule has 20 heavy (non-hydrogen) atoms. The monoisotopic (exact) mass is 295 g/mol. The first-order valence-electron chi connectivity index (χ1n) is 6.73. The second-order valence-electron chi connectivity index (χ2n) is 5.68. The standard InChI is InChI=1S/C14H21N3O2S/c1-14(2)10-16(6-7-20-14)9-11-4-5-13(17(18)19)12(8-11)15-3/h4-5,8,15H,6-7,9-10H2,1-3H3. The van der Waals surface area contributed by atoms with E-state index < -0.39 is 0 Å².